The fourth-order valence-electron chi connectivity index (χ4n) is 4.22. The minimum absolute atomic E-state index is 0.0229. The zero-order valence-electron chi connectivity index (χ0n) is 18.6. The van der Waals surface area contributed by atoms with Gasteiger partial charge in [-0.1, -0.05) is 6.92 Å². The van der Waals surface area contributed by atoms with Crippen molar-refractivity contribution in [2.45, 2.75) is 32.7 Å². The molecule has 9 heteroatoms. The largest absolute Gasteiger partial charge is 0.314 e. The van der Waals surface area contributed by atoms with Gasteiger partial charge in [0, 0.05) is 11.3 Å². The zero-order chi connectivity index (χ0) is 23.8. The van der Waals surface area contributed by atoms with E-state index in [2.05, 4.69) is 28.2 Å². The van der Waals surface area contributed by atoms with Crippen LogP contribution in [-0.4, -0.2) is 30.5 Å². The monoisotopic (exact) mass is 453 g/mol. The van der Waals surface area contributed by atoms with Crippen molar-refractivity contribution in [3.63, 3.8) is 0 Å². The maximum Gasteiger partial charge on any atom is 0.170 e. The molecule has 1 aliphatic heterocycles. The van der Waals surface area contributed by atoms with E-state index in [1.54, 1.807) is 18.3 Å². The number of carbonyl (C=O) groups is 1. The first-order valence-corrected chi connectivity index (χ1v) is 10.9. The minimum atomic E-state index is -0.398. The van der Waals surface area contributed by atoms with Gasteiger partial charge in [-0.25, -0.2) is 14.4 Å². The molecule has 1 atom stereocenters. The third-order valence-corrected chi connectivity index (χ3v) is 5.87. The third kappa shape index (κ3) is 3.59. The van der Waals surface area contributed by atoms with Gasteiger partial charge in [0.1, 0.15) is 23.2 Å². The van der Waals surface area contributed by atoms with E-state index in [0.29, 0.717) is 34.3 Å². The van der Waals surface area contributed by atoms with Gasteiger partial charge in [-0.3, -0.25) is 9.36 Å². The smallest absolute Gasteiger partial charge is 0.170 e. The second-order valence-corrected chi connectivity index (χ2v) is 8.00. The van der Waals surface area contributed by atoms with Crippen molar-refractivity contribution in [3.8, 4) is 11.8 Å². The van der Waals surface area contributed by atoms with Crippen molar-refractivity contribution in [1.82, 2.24) is 24.7 Å². The normalized spacial score (nSPS) is 14.3. The first kappa shape index (κ1) is 21.4. The Kier molecular flexibility index (Phi) is 5.34. The number of Topliss-reactive ketones (excluding diaryl/α,β-unsaturated/α-hetero) is 1. The lowest BCUT2D eigenvalue weighted by Crippen LogP contribution is -2.33. The molecule has 168 valence electrons. The van der Waals surface area contributed by atoms with Gasteiger partial charge in [0.15, 0.2) is 17.4 Å². The quantitative estimate of drug-likeness (QED) is 0.413. The van der Waals surface area contributed by atoms with Gasteiger partial charge in [-0.15, -0.1) is 10.2 Å². The van der Waals surface area contributed by atoms with Crippen LogP contribution in [0.4, 0.5) is 15.9 Å². The molecule has 0 radical (unpaired) electrons. The number of benzene rings is 2. The molecule has 0 aliphatic carbocycles. The first-order valence-electron chi connectivity index (χ1n) is 10.9. The number of carbonyl (C=O) groups excluding carboxylic acids is 1. The lowest BCUT2D eigenvalue weighted by Gasteiger charge is -2.37. The van der Waals surface area contributed by atoms with Crippen molar-refractivity contribution >= 4 is 17.3 Å². The highest BCUT2D eigenvalue weighted by molar-refractivity contribution is 5.97. The maximum atomic E-state index is 13.2. The van der Waals surface area contributed by atoms with Gasteiger partial charge in [0.2, 0.25) is 0 Å². The van der Waals surface area contributed by atoms with Crippen LogP contribution in [0.1, 0.15) is 52.8 Å². The molecule has 8 nitrogen and oxygen atoms in total. The van der Waals surface area contributed by atoms with Gasteiger partial charge >= 0.3 is 0 Å². The summed E-state index contributed by atoms with van der Waals surface area (Å²) in [7, 11) is 0. The highest BCUT2D eigenvalue weighted by Gasteiger charge is 2.36. The van der Waals surface area contributed by atoms with E-state index in [-0.39, 0.29) is 18.2 Å². The summed E-state index contributed by atoms with van der Waals surface area (Å²) < 4.78 is 15.2. The first-order chi connectivity index (χ1) is 16.5. The predicted octanol–water partition coefficient (Wildman–Crippen LogP) is 4.40. The van der Waals surface area contributed by atoms with Crippen molar-refractivity contribution in [3.05, 3.63) is 89.1 Å². The number of nitriles is 1. The highest BCUT2D eigenvalue weighted by Crippen LogP contribution is 2.43. The van der Waals surface area contributed by atoms with Crippen LogP contribution in [0.5, 0.6) is 0 Å². The second-order valence-electron chi connectivity index (χ2n) is 8.00. The molecule has 0 saturated heterocycles. The molecule has 0 spiro atoms. The van der Waals surface area contributed by atoms with Crippen LogP contribution < -0.4 is 4.90 Å². The molecule has 5 rings (SSSR count). The number of halogens is 1. The molecule has 1 unspecified atom stereocenters. The molecule has 0 saturated carbocycles. The Morgan fingerprint density at radius 3 is 2.53 bits per heavy atom. The van der Waals surface area contributed by atoms with Crippen molar-refractivity contribution in [1.29, 1.82) is 5.26 Å². The van der Waals surface area contributed by atoms with Gasteiger partial charge < -0.3 is 4.90 Å². The SMILES string of the molecule is CCC1c2nnc(C)n2-c2cnc(CC(=O)c3ccc(F)cc3)nc2N1c1ccc(C#N)cc1. The summed E-state index contributed by atoms with van der Waals surface area (Å²) in [5.41, 5.74) is 2.51. The second kappa shape index (κ2) is 8.48. The number of nitrogens with zero attached hydrogens (tertiary/aromatic N) is 7. The predicted molar refractivity (Wildman–Crippen MR) is 122 cm³/mol. The zero-order valence-corrected chi connectivity index (χ0v) is 18.6. The Bertz CT molecular complexity index is 1420. The molecule has 0 amide bonds. The van der Waals surface area contributed by atoms with Gasteiger partial charge in [-0.2, -0.15) is 5.26 Å². The average Bonchev–Trinajstić information content (AvgIpc) is 3.25. The summed E-state index contributed by atoms with van der Waals surface area (Å²) in [6.45, 7) is 3.93. The number of hydrogen-bond donors (Lipinski definition) is 0. The summed E-state index contributed by atoms with van der Waals surface area (Å²) in [6, 6.07) is 14.7. The number of rotatable bonds is 5. The Morgan fingerprint density at radius 2 is 1.85 bits per heavy atom. The Hall–Kier alpha value is -4.45. The lowest BCUT2D eigenvalue weighted by atomic mass is 10.1. The van der Waals surface area contributed by atoms with E-state index in [4.69, 9.17) is 4.98 Å². The number of hydrogen-bond acceptors (Lipinski definition) is 7. The molecule has 4 aromatic rings. The maximum absolute atomic E-state index is 13.2. The van der Waals surface area contributed by atoms with Crippen molar-refractivity contribution in [2.24, 2.45) is 0 Å². The molecule has 0 N–H and O–H groups in total. The molecule has 2 aromatic carbocycles. The highest BCUT2D eigenvalue weighted by atomic mass is 19.1. The standard InChI is InChI=1S/C25H20FN7O/c1-3-20-25-31-30-15(2)32(25)21-14-28-23(12-22(34)17-6-8-18(26)9-7-17)29-24(21)33(20)19-10-4-16(13-27)5-11-19/h4-11,14,20H,3,12H2,1-2H3. The Balaban J connectivity index is 1.61. The van der Waals surface area contributed by atoms with Crippen LogP contribution in [0.15, 0.2) is 54.7 Å². The van der Waals surface area contributed by atoms with Crippen molar-refractivity contribution in [2.75, 3.05) is 4.90 Å². The Labute approximate surface area is 195 Å². The number of ketones is 1. The fourth-order valence-corrected chi connectivity index (χ4v) is 4.22. The van der Waals surface area contributed by atoms with E-state index in [1.807, 2.05) is 28.5 Å². The fraction of sp³-hybridized carbons (Fsp3) is 0.200. The van der Waals surface area contributed by atoms with Crippen LogP contribution in [0.3, 0.4) is 0 Å². The third-order valence-electron chi connectivity index (χ3n) is 5.87. The van der Waals surface area contributed by atoms with E-state index < -0.39 is 5.82 Å². The van der Waals surface area contributed by atoms with Gasteiger partial charge in [0.05, 0.1) is 30.3 Å². The van der Waals surface area contributed by atoms with E-state index in [9.17, 15) is 14.4 Å². The molecule has 2 aromatic heterocycles. The van der Waals surface area contributed by atoms with E-state index >= 15 is 0 Å². The summed E-state index contributed by atoms with van der Waals surface area (Å²) in [5.74, 6) is 1.88. The minimum Gasteiger partial charge on any atom is -0.314 e. The molecule has 34 heavy (non-hydrogen) atoms. The van der Waals surface area contributed by atoms with E-state index in [1.165, 1.54) is 24.3 Å². The number of aryl methyl sites for hydroxylation is 1. The summed E-state index contributed by atoms with van der Waals surface area (Å²) in [5, 5.41) is 17.9. The van der Waals surface area contributed by atoms with Crippen molar-refractivity contribution < 1.29 is 9.18 Å². The van der Waals surface area contributed by atoms with Crippen LogP contribution in [0.25, 0.3) is 5.69 Å². The molecule has 0 fully saturated rings. The summed E-state index contributed by atoms with van der Waals surface area (Å²) in [4.78, 5) is 24.1. The van der Waals surface area contributed by atoms with Crippen LogP contribution in [0, 0.1) is 24.1 Å². The number of fused-ring (bicyclic) bond motifs is 3. The van der Waals surface area contributed by atoms with Crippen LogP contribution in [0.2, 0.25) is 0 Å². The summed E-state index contributed by atoms with van der Waals surface area (Å²) in [6.07, 6.45) is 2.38. The van der Waals surface area contributed by atoms with E-state index in [0.717, 1.165) is 17.9 Å². The number of anilines is 2. The Morgan fingerprint density at radius 1 is 1.12 bits per heavy atom. The molecule has 0 bridgehead atoms. The molecule has 1 aliphatic rings. The van der Waals surface area contributed by atoms with Crippen LogP contribution >= 0.6 is 0 Å². The summed E-state index contributed by atoms with van der Waals surface area (Å²) >= 11 is 0. The molecular formula is C25H20FN7O. The van der Waals surface area contributed by atoms with Crippen LogP contribution in [-0.2, 0) is 6.42 Å². The molecular weight excluding hydrogens is 433 g/mol. The average molecular weight is 453 g/mol. The molecule has 3 heterocycles. The lowest BCUT2D eigenvalue weighted by molar-refractivity contribution is 0.0990. The van der Waals surface area contributed by atoms with Gasteiger partial charge in [0.25, 0.3) is 0 Å². The van der Waals surface area contributed by atoms with Gasteiger partial charge in [-0.05, 0) is 61.9 Å². The topological polar surface area (TPSA) is 101 Å². The number of aromatic nitrogens is 5.